The summed E-state index contributed by atoms with van der Waals surface area (Å²) in [6, 6.07) is 13.5. The van der Waals surface area contributed by atoms with Gasteiger partial charge in [-0.2, -0.15) is 0 Å². The van der Waals surface area contributed by atoms with E-state index in [4.69, 9.17) is 9.47 Å². The summed E-state index contributed by atoms with van der Waals surface area (Å²) in [7, 11) is 3.13. The van der Waals surface area contributed by atoms with E-state index in [1.807, 2.05) is 18.2 Å². The van der Waals surface area contributed by atoms with Crippen LogP contribution in [0.2, 0.25) is 0 Å². The highest BCUT2D eigenvalue weighted by atomic mass is 32.1. The molecule has 0 fully saturated rings. The Labute approximate surface area is 197 Å². The van der Waals surface area contributed by atoms with E-state index in [2.05, 4.69) is 5.10 Å². The Balaban J connectivity index is 1.60. The Morgan fingerprint density at radius 1 is 1.03 bits per heavy atom. The summed E-state index contributed by atoms with van der Waals surface area (Å²) < 4.78 is 29.4. The Bertz CT molecular complexity index is 1630. The maximum absolute atomic E-state index is 14.2. The molecule has 5 rings (SSSR count). The highest BCUT2D eigenvalue weighted by Gasteiger charge is 2.19. The van der Waals surface area contributed by atoms with Gasteiger partial charge in [-0.1, -0.05) is 24.3 Å². The Hall–Kier alpha value is -3.92. The largest absolute Gasteiger partial charge is 0.493 e. The van der Waals surface area contributed by atoms with Crippen LogP contribution in [0.3, 0.4) is 0 Å². The van der Waals surface area contributed by atoms with Crippen LogP contribution in [0.25, 0.3) is 16.0 Å². The summed E-state index contributed by atoms with van der Waals surface area (Å²) in [5.74, 6) is 1.01. The molecule has 34 heavy (non-hydrogen) atoms. The van der Waals surface area contributed by atoms with E-state index in [1.54, 1.807) is 43.9 Å². The van der Waals surface area contributed by atoms with Gasteiger partial charge < -0.3 is 9.47 Å². The second-order valence-electron chi connectivity index (χ2n) is 7.70. The van der Waals surface area contributed by atoms with Crippen LogP contribution >= 0.6 is 11.3 Å². The molecule has 0 spiro atoms. The first-order valence-electron chi connectivity index (χ1n) is 10.6. The molecule has 8 nitrogen and oxygen atoms in total. The number of aryl methyl sites for hydroxylation is 2. The molecular weight excluding hydrogens is 459 g/mol. The fourth-order valence-corrected chi connectivity index (χ4v) is 4.83. The number of hydrogen-bond acceptors (Lipinski definition) is 6. The number of thiophene rings is 1. The average molecular weight is 481 g/mol. The third kappa shape index (κ3) is 3.65. The van der Waals surface area contributed by atoms with Gasteiger partial charge in [0.05, 0.1) is 26.3 Å². The number of rotatable bonds is 7. The van der Waals surface area contributed by atoms with Gasteiger partial charge in [0.2, 0.25) is 5.78 Å². The number of fused-ring (bicyclic) bond motifs is 3. The first-order chi connectivity index (χ1) is 16.5. The van der Waals surface area contributed by atoms with Crippen LogP contribution in [0, 0.1) is 5.82 Å². The van der Waals surface area contributed by atoms with Crippen LogP contribution in [0.1, 0.15) is 11.1 Å². The molecular formula is C24H21FN4O4S. The van der Waals surface area contributed by atoms with Gasteiger partial charge in [-0.15, -0.1) is 16.4 Å². The Kier molecular flexibility index (Phi) is 5.66. The number of nitrogens with zero attached hydrogens (tertiary/aromatic N) is 4. The summed E-state index contributed by atoms with van der Waals surface area (Å²) in [6.45, 7) is 0.254. The minimum absolute atomic E-state index is 0.0390. The van der Waals surface area contributed by atoms with Crippen molar-refractivity contribution in [3.05, 3.63) is 91.7 Å². The average Bonchev–Trinajstić information content (AvgIpc) is 3.45. The fourth-order valence-electron chi connectivity index (χ4n) is 4.00. The molecule has 0 unspecified atom stereocenters. The van der Waals surface area contributed by atoms with E-state index in [-0.39, 0.29) is 17.9 Å². The first kappa shape index (κ1) is 21.9. The number of hydrogen-bond donors (Lipinski definition) is 0. The lowest BCUT2D eigenvalue weighted by Crippen LogP contribution is -2.26. The van der Waals surface area contributed by atoms with Gasteiger partial charge in [-0.05, 0) is 41.6 Å². The molecule has 5 aromatic rings. The Morgan fingerprint density at radius 3 is 2.59 bits per heavy atom. The summed E-state index contributed by atoms with van der Waals surface area (Å²) >= 11 is 1.27. The molecule has 0 aliphatic carbocycles. The van der Waals surface area contributed by atoms with Crippen molar-refractivity contribution in [2.75, 3.05) is 14.2 Å². The molecule has 0 aliphatic rings. The normalized spacial score (nSPS) is 11.4. The van der Waals surface area contributed by atoms with Gasteiger partial charge in [-0.25, -0.2) is 18.3 Å². The monoisotopic (exact) mass is 480 g/mol. The standard InChI is InChI=1S/C24H21FN4O4S/c1-32-19-8-7-15(13-20(19)33-2)9-11-27-22(30)21-18(10-12-34-21)29-23(27)26-28(24(29)31)14-16-5-3-4-6-17(16)25/h3-8,10,12-13H,9,11,14H2,1-2H3. The minimum Gasteiger partial charge on any atom is -0.493 e. The second kappa shape index (κ2) is 8.79. The lowest BCUT2D eigenvalue weighted by Gasteiger charge is -2.11. The zero-order chi connectivity index (χ0) is 23.8. The van der Waals surface area contributed by atoms with Crippen molar-refractivity contribution < 1.29 is 13.9 Å². The van der Waals surface area contributed by atoms with Gasteiger partial charge in [0.15, 0.2) is 11.5 Å². The molecule has 0 bridgehead atoms. The zero-order valence-electron chi connectivity index (χ0n) is 18.5. The molecule has 0 saturated heterocycles. The van der Waals surface area contributed by atoms with Gasteiger partial charge >= 0.3 is 5.69 Å². The maximum Gasteiger partial charge on any atom is 0.352 e. The SMILES string of the molecule is COc1ccc(CCn2c(=O)c3sccc3n3c(=O)n(Cc4ccccc4F)nc23)cc1OC. The van der Waals surface area contributed by atoms with Gasteiger partial charge in [-0.3, -0.25) is 9.36 Å². The zero-order valence-corrected chi connectivity index (χ0v) is 19.3. The number of methoxy groups -OCH3 is 2. The predicted molar refractivity (Wildman–Crippen MR) is 128 cm³/mol. The third-order valence-corrected chi connectivity index (χ3v) is 6.63. The van der Waals surface area contributed by atoms with E-state index >= 15 is 0 Å². The van der Waals surface area contributed by atoms with E-state index < -0.39 is 11.5 Å². The van der Waals surface area contributed by atoms with Crippen LogP contribution in [0.4, 0.5) is 4.39 Å². The molecule has 174 valence electrons. The molecule has 0 N–H and O–H groups in total. The van der Waals surface area contributed by atoms with Crippen LogP contribution in [0.15, 0.2) is 63.5 Å². The van der Waals surface area contributed by atoms with E-state index in [9.17, 15) is 14.0 Å². The number of halogens is 1. The van der Waals surface area contributed by atoms with Crippen LogP contribution in [-0.2, 0) is 19.5 Å². The molecule has 3 heterocycles. The predicted octanol–water partition coefficient (Wildman–Crippen LogP) is 3.32. The Morgan fingerprint density at radius 2 is 1.82 bits per heavy atom. The molecule has 0 atom stereocenters. The number of aromatic nitrogens is 4. The van der Waals surface area contributed by atoms with Crippen LogP contribution < -0.4 is 20.7 Å². The molecule has 10 heteroatoms. The summed E-state index contributed by atoms with van der Waals surface area (Å²) in [4.78, 5) is 26.5. The summed E-state index contributed by atoms with van der Waals surface area (Å²) in [5.41, 5.74) is 1.12. The van der Waals surface area contributed by atoms with Crippen molar-refractivity contribution in [1.82, 2.24) is 18.7 Å². The van der Waals surface area contributed by atoms with Crippen molar-refractivity contribution in [3.8, 4) is 11.5 Å². The number of ether oxygens (including phenoxy) is 2. The smallest absolute Gasteiger partial charge is 0.352 e. The molecule has 0 amide bonds. The minimum atomic E-state index is -0.429. The van der Waals surface area contributed by atoms with E-state index in [0.717, 1.165) is 5.56 Å². The van der Waals surface area contributed by atoms with E-state index in [1.165, 1.54) is 31.1 Å². The van der Waals surface area contributed by atoms with Gasteiger partial charge in [0.25, 0.3) is 5.56 Å². The van der Waals surface area contributed by atoms with Gasteiger partial charge in [0.1, 0.15) is 10.5 Å². The molecule has 0 saturated carbocycles. The fraction of sp³-hybridized carbons (Fsp3) is 0.208. The number of benzene rings is 2. The summed E-state index contributed by atoms with van der Waals surface area (Å²) in [5, 5.41) is 6.20. The van der Waals surface area contributed by atoms with Crippen molar-refractivity contribution >= 4 is 27.3 Å². The van der Waals surface area contributed by atoms with Crippen molar-refractivity contribution in [3.63, 3.8) is 0 Å². The highest BCUT2D eigenvalue weighted by Crippen LogP contribution is 2.28. The van der Waals surface area contributed by atoms with Crippen molar-refractivity contribution in [1.29, 1.82) is 0 Å². The lowest BCUT2D eigenvalue weighted by atomic mass is 10.1. The molecule has 2 aromatic carbocycles. The molecule has 0 aliphatic heterocycles. The summed E-state index contributed by atoms with van der Waals surface area (Å²) in [6.07, 6.45) is 0.501. The van der Waals surface area contributed by atoms with Crippen molar-refractivity contribution in [2.45, 2.75) is 19.5 Å². The lowest BCUT2D eigenvalue weighted by molar-refractivity contribution is 0.354. The highest BCUT2D eigenvalue weighted by molar-refractivity contribution is 7.17. The van der Waals surface area contributed by atoms with Crippen LogP contribution in [-0.4, -0.2) is 33.0 Å². The molecule has 3 aromatic heterocycles. The van der Waals surface area contributed by atoms with Crippen LogP contribution in [0.5, 0.6) is 11.5 Å². The molecule has 0 radical (unpaired) electrons. The first-order valence-corrected chi connectivity index (χ1v) is 11.4. The maximum atomic E-state index is 14.2. The van der Waals surface area contributed by atoms with Gasteiger partial charge in [0, 0.05) is 12.1 Å². The van der Waals surface area contributed by atoms with Crippen molar-refractivity contribution in [2.24, 2.45) is 0 Å². The third-order valence-electron chi connectivity index (χ3n) is 5.74. The quantitative estimate of drug-likeness (QED) is 0.357. The second-order valence-corrected chi connectivity index (χ2v) is 8.61. The topological polar surface area (TPSA) is 79.8 Å². The van der Waals surface area contributed by atoms with E-state index in [0.29, 0.717) is 40.2 Å².